The summed E-state index contributed by atoms with van der Waals surface area (Å²) in [6.45, 7) is 5.62. The third-order valence-corrected chi connectivity index (χ3v) is 7.82. The first kappa shape index (κ1) is 27.3. The van der Waals surface area contributed by atoms with Gasteiger partial charge < -0.3 is 14.8 Å². The van der Waals surface area contributed by atoms with Gasteiger partial charge in [0.2, 0.25) is 5.89 Å². The van der Waals surface area contributed by atoms with E-state index in [1.165, 1.54) is 6.07 Å². The Morgan fingerprint density at radius 3 is 2.64 bits per heavy atom. The van der Waals surface area contributed by atoms with Crippen LogP contribution >= 0.6 is 0 Å². The monoisotopic (exact) mass is 561 g/mol. The predicted octanol–water partition coefficient (Wildman–Crippen LogP) is 6.31. The fourth-order valence-corrected chi connectivity index (χ4v) is 5.56. The predicted molar refractivity (Wildman–Crippen MR) is 158 cm³/mol. The molecule has 1 saturated heterocycles. The molecule has 1 aliphatic rings. The molecule has 1 fully saturated rings. The number of aliphatic hydroxyl groups is 1. The molecule has 3 aromatic carbocycles. The van der Waals surface area contributed by atoms with Crippen molar-refractivity contribution in [3.8, 4) is 28.7 Å². The average Bonchev–Trinajstić information content (AvgIpc) is 3.61. The Morgan fingerprint density at radius 2 is 1.90 bits per heavy atom. The summed E-state index contributed by atoms with van der Waals surface area (Å²) in [4.78, 5) is 22.2. The van der Waals surface area contributed by atoms with Crippen molar-refractivity contribution in [3.63, 3.8) is 0 Å². The van der Waals surface area contributed by atoms with Crippen molar-refractivity contribution in [1.29, 1.82) is 5.26 Å². The SMILES string of the molecule is Cc1c(Nc2nccc(CN3CCC(O)C3)c2F)cccc1-c1cccc(-c2nc3cc(C=O)cc(C#N)c3o2)c1C. The second-order valence-electron chi connectivity index (χ2n) is 10.6. The lowest BCUT2D eigenvalue weighted by atomic mass is 9.93. The van der Waals surface area contributed by atoms with Crippen molar-refractivity contribution in [2.75, 3.05) is 18.4 Å². The zero-order valence-electron chi connectivity index (χ0n) is 23.2. The topological polar surface area (TPSA) is 115 Å². The summed E-state index contributed by atoms with van der Waals surface area (Å²) in [6, 6.07) is 18.5. The van der Waals surface area contributed by atoms with Crippen LogP contribution in [0.15, 0.2) is 65.2 Å². The largest absolute Gasteiger partial charge is 0.435 e. The zero-order valence-corrected chi connectivity index (χ0v) is 23.2. The van der Waals surface area contributed by atoms with E-state index in [1.54, 1.807) is 18.3 Å². The number of carbonyl (C=O) groups is 1. The molecule has 42 heavy (non-hydrogen) atoms. The molecule has 3 heterocycles. The third-order valence-electron chi connectivity index (χ3n) is 7.82. The lowest BCUT2D eigenvalue weighted by Crippen LogP contribution is -2.22. The second kappa shape index (κ2) is 11.2. The number of benzene rings is 3. The van der Waals surface area contributed by atoms with Crippen molar-refractivity contribution < 1.29 is 18.7 Å². The lowest BCUT2D eigenvalue weighted by molar-refractivity contribution is 0.112. The number of likely N-dealkylation sites (tertiary alicyclic amines) is 1. The number of nitriles is 1. The maximum Gasteiger partial charge on any atom is 0.227 e. The van der Waals surface area contributed by atoms with E-state index in [0.29, 0.717) is 53.9 Å². The summed E-state index contributed by atoms with van der Waals surface area (Å²) < 4.78 is 21.5. The fraction of sp³-hybridized carbons (Fsp3) is 0.212. The molecule has 9 heteroatoms. The molecule has 2 aromatic heterocycles. The van der Waals surface area contributed by atoms with Gasteiger partial charge in [0.1, 0.15) is 17.9 Å². The fourth-order valence-electron chi connectivity index (χ4n) is 5.56. The number of anilines is 2. The van der Waals surface area contributed by atoms with Crippen LogP contribution in [0.4, 0.5) is 15.9 Å². The van der Waals surface area contributed by atoms with Gasteiger partial charge in [0, 0.05) is 48.2 Å². The normalized spacial score (nSPS) is 15.2. The van der Waals surface area contributed by atoms with Gasteiger partial charge in [0.15, 0.2) is 17.2 Å². The van der Waals surface area contributed by atoms with E-state index in [4.69, 9.17) is 4.42 Å². The Hall–Kier alpha value is -4.91. The summed E-state index contributed by atoms with van der Waals surface area (Å²) in [6.07, 6.45) is 2.60. The smallest absolute Gasteiger partial charge is 0.227 e. The summed E-state index contributed by atoms with van der Waals surface area (Å²) >= 11 is 0. The minimum atomic E-state index is -0.410. The van der Waals surface area contributed by atoms with Crippen molar-refractivity contribution >= 4 is 28.9 Å². The molecule has 1 unspecified atom stereocenters. The molecule has 0 radical (unpaired) electrons. The molecule has 1 atom stereocenters. The van der Waals surface area contributed by atoms with E-state index in [2.05, 4.69) is 21.4 Å². The van der Waals surface area contributed by atoms with Crippen LogP contribution in [0.3, 0.4) is 0 Å². The van der Waals surface area contributed by atoms with E-state index in [9.17, 15) is 15.2 Å². The standard InChI is InChI=1S/C33H28FN5O3/c1-19-25(5-3-7-27(19)33-38-29-14-21(18-40)13-23(15-35)31(29)42-33)26-6-4-8-28(20(26)2)37-32-30(34)22(9-11-36-32)16-39-12-10-24(41)17-39/h3-9,11,13-14,18,24,41H,10,12,16-17H2,1-2H3,(H,36,37). The van der Waals surface area contributed by atoms with Crippen LogP contribution in [-0.4, -0.2) is 45.5 Å². The van der Waals surface area contributed by atoms with E-state index in [1.807, 2.05) is 55.1 Å². The van der Waals surface area contributed by atoms with Crippen LogP contribution in [-0.2, 0) is 6.54 Å². The van der Waals surface area contributed by atoms with E-state index >= 15 is 4.39 Å². The zero-order chi connectivity index (χ0) is 29.4. The van der Waals surface area contributed by atoms with Crippen LogP contribution in [0.5, 0.6) is 0 Å². The molecule has 210 valence electrons. The van der Waals surface area contributed by atoms with E-state index < -0.39 is 5.82 Å². The first-order chi connectivity index (χ1) is 20.4. The Kier molecular flexibility index (Phi) is 7.25. The van der Waals surface area contributed by atoms with Gasteiger partial charge in [-0.2, -0.15) is 5.26 Å². The molecule has 0 saturated carbocycles. The summed E-state index contributed by atoms with van der Waals surface area (Å²) in [7, 11) is 0. The maximum absolute atomic E-state index is 15.5. The van der Waals surface area contributed by atoms with Crippen LogP contribution in [0, 0.1) is 31.0 Å². The van der Waals surface area contributed by atoms with Gasteiger partial charge in [-0.3, -0.25) is 9.69 Å². The van der Waals surface area contributed by atoms with Crippen LogP contribution in [0.25, 0.3) is 33.7 Å². The third kappa shape index (κ3) is 5.02. The maximum atomic E-state index is 15.5. The van der Waals surface area contributed by atoms with Crippen LogP contribution < -0.4 is 5.32 Å². The number of nitrogens with zero attached hydrogens (tertiary/aromatic N) is 4. The number of halogens is 1. The molecule has 0 spiro atoms. The molecule has 0 bridgehead atoms. The highest BCUT2D eigenvalue weighted by atomic mass is 19.1. The number of aromatic nitrogens is 2. The number of nitrogens with one attached hydrogen (secondary N) is 1. The number of pyridine rings is 1. The number of aliphatic hydroxyl groups excluding tert-OH is 1. The summed E-state index contributed by atoms with van der Waals surface area (Å²) in [5.41, 5.74) is 7.10. The number of β-amino-alcohol motifs (C(OH)–C–C–N with tert-alkyl or cyclic N) is 1. The molecular formula is C33H28FN5O3. The molecule has 0 amide bonds. The first-order valence-corrected chi connectivity index (χ1v) is 13.7. The van der Waals surface area contributed by atoms with Crippen molar-refractivity contribution in [2.45, 2.75) is 32.9 Å². The molecule has 5 aromatic rings. The number of hydrogen-bond acceptors (Lipinski definition) is 8. The van der Waals surface area contributed by atoms with Crippen molar-refractivity contribution in [3.05, 3.63) is 94.4 Å². The highest BCUT2D eigenvalue weighted by Crippen LogP contribution is 2.37. The quantitative estimate of drug-likeness (QED) is 0.222. The molecule has 6 rings (SSSR count). The minimum Gasteiger partial charge on any atom is -0.435 e. The van der Waals surface area contributed by atoms with Gasteiger partial charge in [-0.25, -0.2) is 14.4 Å². The molecule has 1 aliphatic heterocycles. The van der Waals surface area contributed by atoms with Gasteiger partial charge in [-0.15, -0.1) is 0 Å². The number of hydrogen-bond donors (Lipinski definition) is 2. The number of carbonyl (C=O) groups excluding carboxylic acids is 1. The molecule has 0 aliphatic carbocycles. The van der Waals surface area contributed by atoms with Gasteiger partial charge >= 0.3 is 0 Å². The Bertz CT molecular complexity index is 1880. The van der Waals surface area contributed by atoms with Crippen LogP contribution in [0.2, 0.25) is 0 Å². The van der Waals surface area contributed by atoms with Gasteiger partial charge in [0.25, 0.3) is 0 Å². The second-order valence-corrected chi connectivity index (χ2v) is 10.6. The Balaban J connectivity index is 1.33. The molecule has 2 N–H and O–H groups in total. The summed E-state index contributed by atoms with van der Waals surface area (Å²) in [5.74, 6) is 0.0872. The van der Waals surface area contributed by atoms with Crippen molar-refractivity contribution in [1.82, 2.24) is 14.9 Å². The molecule has 8 nitrogen and oxygen atoms in total. The van der Waals surface area contributed by atoms with Crippen LogP contribution in [0.1, 0.15) is 39.0 Å². The average molecular weight is 562 g/mol. The number of fused-ring (bicyclic) bond motifs is 1. The van der Waals surface area contributed by atoms with Gasteiger partial charge in [-0.05, 0) is 72.9 Å². The van der Waals surface area contributed by atoms with Gasteiger partial charge in [-0.1, -0.05) is 24.3 Å². The number of aldehydes is 1. The molecular weight excluding hydrogens is 533 g/mol. The van der Waals surface area contributed by atoms with E-state index in [-0.39, 0.29) is 17.5 Å². The lowest BCUT2D eigenvalue weighted by Gasteiger charge is -2.18. The number of rotatable bonds is 7. The van der Waals surface area contributed by atoms with E-state index in [0.717, 1.165) is 40.0 Å². The highest BCUT2D eigenvalue weighted by Gasteiger charge is 2.23. The Labute approximate surface area is 242 Å². The highest BCUT2D eigenvalue weighted by molar-refractivity contribution is 5.90. The van der Waals surface area contributed by atoms with Crippen molar-refractivity contribution in [2.24, 2.45) is 0 Å². The van der Waals surface area contributed by atoms with Gasteiger partial charge in [0.05, 0.1) is 11.7 Å². The Morgan fingerprint density at radius 1 is 1.14 bits per heavy atom. The first-order valence-electron chi connectivity index (χ1n) is 13.7. The minimum absolute atomic E-state index is 0.146. The summed E-state index contributed by atoms with van der Waals surface area (Å²) in [5, 5.41) is 22.6. The number of oxazole rings is 1.